The van der Waals surface area contributed by atoms with Crippen LogP contribution in [0.2, 0.25) is 0 Å². The van der Waals surface area contributed by atoms with Gasteiger partial charge in [0.1, 0.15) is 12.1 Å². The third kappa shape index (κ3) is 3.49. The Kier molecular flexibility index (Phi) is 5.29. The summed E-state index contributed by atoms with van der Waals surface area (Å²) < 4.78 is 5.36. The Hall–Kier alpha value is -2.04. The van der Waals surface area contributed by atoms with Crippen molar-refractivity contribution in [2.24, 2.45) is 5.92 Å². The molecule has 23 heavy (non-hydrogen) atoms. The van der Waals surface area contributed by atoms with E-state index >= 15 is 0 Å². The highest BCUT2D eigenvalue weighted by molar-refractivity contribution is 6.08. The number of carbonyl (C=O) groups excluding carboxylic acids is 2. The summed E-state index contributed by atoms with van der Waals surface area (Å²) in [5, 5.41) is 3.29. The van der Waals surface area contributed by atoms with E-state index in [1.165, 1.54) is 0 Å². The smallest absolute Gasteiger partial charge is 0.329 e. The second kappa shape index (κ2) is 7.02. The van der Waals surface area contributed by atoms with Crippen molar-refractivity contribution >= 4 is 23.3 Å². The predicted molar refractivity (Wildman–Crippen MR) is 91.5 cm³/mol. The van der Waals surface area contributed by atoms with Gasteiger partial charge in [-0.05, 0) is 38.3 Å². The van der Waals surface area contributed by atoms with Crippen molar-refractivity contribution in [3.05, 3.63) is 24.3 Å². The molecule has 1 aromatic rings. The minimum Gasteiger partial charge on any atom is -0.461 e. The fourth-order valence-corrected chi connectivity index (χ4v) is 2.84. The first-order chi connectivity index (χ1) is 10.9. The summed E-state index contributed by atoms with van der Waals surface area (Å²) in [7, 11) is 0. The SMILES string of the molecule is CCC(C(=O)OC(C)C)N1C(=O)C(C(C)C)Nc2ccccc21. The van der Waals surface area contributed by atoms with Crippen molar-refractivity contribution in [2.45, 2.75) is 59.2 Å². The van der Waals surface area contributed by atoms with Gasteiger partial charge in [0.15, 0.2) is 0 Å². The number of esters is 1. The molecule has 0 radical (unpaired) electrons. The highest BCUT2D eigenvalue weighted by Gasteiger charge is 2.40. The molecule has 0 aromatic heterocycles. The Bertz CT molecular complexity index is 583. The molecule has 1 amide bonds. The van der Waals surface area contributed by atoms with E-state index in [2.05, 4.69) is 5.32 Å². The first kappa shape index (κ1) is 17.3. The Morgan fingerprint density at radius 3 is 2.48 bits per heavy atom. The number of nitrogens with zero attached hydrogens (tertiary/aromatic N) is 1. The van der Waals surface area contributed by atoms with Crippen LogP contribution in [0.25, 0.3) is 0 Å². The van der Waals surface area contributed by atoms with Gasteiger partial charge in [0.2, 0.25) is 0 Å². The summed E-state index contributed by atoms with van der Waals surface area (Å²) in [6.07, 6.45) is 0.307. The number of para-hydroxylation sites is 2. The molecule has 1 heterocycles. The van der Waals surface area contributed by atoms with Gasteiger partial charge >= 0.3 is 5.97 Å². The van der Waals surface area contributed by atoms with Gasteiger partial charge in [0.05, 0.1) is 17.5 Å². The molecule has 126 valence electrons. The molecule has 2 atom stereocenters. The van der Waals surface area contributed by atoms with Gasteiger partial charge in [0.25, 0.3) is 5.91 Å². The van der Waals surface area contributed by atoms with Crippen LogP contribution in [0, 0.1) is 5.92 Å². The number of amides is 1. The van der Waals surface area contributed by atoms with Crippen LogP contribution in [-0.2, 0) is 14.3 Å². The van der Waals surface area contributed by atoms with Crippen molar-refractivity contribution in [3.8, 4) is 0 Å². The molecular formula is C18H26N2O3. The molecule has 1 aromatic carbocycles. The maximum absolute atomic E-state index is 13.0. The van der Waals surface area contributed by atoms with Crippen LogP contribution < -0.4 is 10.2 Å². The molecule has 0 saturated carbocycles. The molecule has 0 saturated heterocycles. The zero-order valence-corrected chi connectivity index (χ0v) is 14.5. The number of benzene rings is 1. The lowest BCUT2D eigenvalue weighted by molar-refractivity contribution is -0.150. The van der Waals surface area contributed by atoms with Crippen LogP contribution in [0.1, 0.15) is 41.0 Å². The molecule has 1 N–H and O–H groups in total. The molecular weight excluding hydrogens is 292 g/mol. The van der Waals surface area contributed by atoms with Gasteiger partial charge in [-0.2, -0.15) is 0 Å². The van der Waals surface area contributed by atoms with Gasteiger partial charge < -0.3 is 10.1 Å². The number of ether oxygens (including phenoxy) is 1. The van der Waals surface area contributed by atoms with Crippen LogP contribution in [0.4, 0.5) is 11.4 Å². The van der Waals surface area contributed by atoms with E-state index < -0.39 is 6.04 Å². The number of rotatable bonds is 5. The van der Waals surface area contributed by atoms with Crippen LogP contribution in [-0.4, -0.2) is 30.1 Å². The zero-order chi connectivity index (χ0) is 17.1. The van der Waals surface area contributed by atoms with Crippen LogP contribution in [0.3, 0.4) is 0 Å². The minimum atomic E-state index is -0.602. The maximum atomic E-state index is 13.0. The van der Waals surface area contributed by atoms with Crippen LogP contribution in [0.5, 0.6) is 0 Å². The third-order valence-corrected chi connectivity index (χ3v) is 3.97. The monoisotopic (exact) mass is 318 g/mol. The molecule has 0 spiro atoms. The second-order valence-electron chi connectivity index (χ2n) is 6.50. The van der Waals surface area contributed by atoms with Crippen molar-refractivity contribution in [1.82, 2.24) is 0 Å². The lowest BCUT2D eigenvalue weighted by atomic mass is 9.97. The predicted octanol–water partition coefficient (Wildman–Crippen LogP) is 3.20. The van der Waals surface area contributed by atoms with Gasteiger partial charge in [-0.25, -0.2) is 4.79 Å². The number of hydrogen-bond acceptors (Lipinski definition) is 4. The average Bonchev–Trinajstić information content (AvgIpc) is 2.48. The number of nitrogens with one attached hydrogen (secondary N) is 1. The summed E-state index contributed by atoms with van der Waals surface area (Å²) >= 11 is 0. The molecule has 1 aliphatic heterocycles. The molecule has 0 bridgehead atoms. The summed E-state index contributed by atoms with van der Waals surface area (Å²) in [5.74, 6) is -0.307. The van der Waals surface area contributed by atoms with Crippen molar-refractivity contribution in [1.29, 1.82) is 0 Å². The van der Waals surface area contributed by atoms with E-state index in [9.17, 15) is 9.59 Å². The second-order valence-corrected chi connectivity index (χ2v) is 6.50. The molecule has 5 heteroatoms. The minimum absolute atomic E-state index is 0.0775. The molecule has 2 unspecified atom stereocenters. The molecule has 2 rings (SSSR count). The largest absolute Gasteiger partial charge is 0.461 e. The molecule has 1 aliphatic rings. The number of anilines is 2. The standard InChI is InChI=1S/C18H26N2O3/c1-6-14(18(22)23-12(4)5)20-15-10-8-7-9-13(15)19-16(11(2)3)17(20)21/h7-12,14,16,19H,6H2,1-5H3. The van der Waals surface area contributed by atoms with Gasteiger partial charge in [-0.15, -0.1) is 0 Å². The van der Waals surface area contributed by atoms with E-state index in [0.29, 0.717) is 6.42 Å². The van der Waals surface area contributed by atoms with Crippen LogP contribution >= 0.6 is 0 Å². The summed E-state index contributed by atoms with van der Waals surface area (Å²) in [6.45, 7) is 9.52. The molecule has 5 nitrogen and oxygen atoms in total. The first-order valence-corrected chi connectivity index (χ1v) is 8.25. The van der Waals surface area contributed by atoms with E-state index in [1.54, 1.807) is 4.90 Å². The molecule has 0 aliphatic carbocycles. The summed E-state index contributed by atoms with van der Waals surface area (Å²) in [6, 6.07) is 6.65. The fraction of sp³-hybridized carbons (Fsp3) is 0.556. The van der Waals surface area contributed by atoms with Gasteiger partial charge in [-0.3, -0.25) is 9.69 Å². The van der Waals surface area contributed by atoms with E-state index in [-0.39, 0.29) is 29.9 Å². The summed E-state index contributed by atoms with van der Waals surface area (Å²) in [5.41, 5.74) is 1.61. The topological polar surface area (TPSA) is 58.6 Å². The van der Waals surface area contributed by atoms with Crippen LogP contribution in [0.15, 0.2) is 24.3 Å². The zero-order valence-electron chi connectivity index (χ0n) is 14.5. The Labute approximate surface area is 138 Å². The van der Waals surface area contributed by atoms with Crippen molar-refractivity contribution in [3.63, 3.8) is 0 Å². The van der Waals surface area contributed by atoms with Crippen molar-refractivity contribution < 1.29 is 14.3 Å². The van der Waals surface area contributed by atoms with E-state index in [0.717, 1.165) is 11.4 Å². The Balaban J connectivity index is 2.44. The number of fused-ring (bicyclic) bond motifs is 1. The highest BCUT2D eigenvalue weighted by Crippen LogP contribution is 2.35. The fourth-order valence-electron chi connectivity index (χ4n) is 2.84. The average molecular weight is 318 g/mol. The maximum Gasteiger partial charge on any atom is 0.329 e. The van der Waals surface area contributed by atoms with Gasteiger partial charge in [-0.1, -0.05) is 32.9 Å². The third-order valence-electron chi connectivity index (χ3n) is 3.97. The first-order valence-electron chi connectivity index (χ1n) is 8.25. The number of hydrogen-bond donors (Lipinski definition) is 1. The highest BCUT2D eigenvalue weighted by atomic mass is 16.5. The lowest BCUT2D eigenvalue weighted by Gasteiger charge is -2.40. The number of carbonyl (C=O) groups is 2. The van der Waals surface area contributed by atoms with Crippen molar-refractivity contribution in [2.75, 3.05) is 10.2 Å². The Morgan fingerprint density at radius 1 is 1.26 bits per heavy atom. The lowest BCUT2D eigenvalue weighted by Crippen LogP contribution is -2.56. The van der Waals surface area contributed by atoms with Gasteiger partial charge in [0, 0.05) is 0 Å². The normalized spacial score (nSPS) is 18.7. The molecule has 0 fully saturated rings. The van der Waals surface area contributed by atoms with E-state index in [1.807, 2.05) is 58.9 Å². The summed E-state index contributed by atoms with van der Waals surface area (Å²) in [4.78, 5) is 27.1. The van der Waals surface area contributed by atoms with E-state index in [4.69, 9.17) is 4.74 Å². The quantitative estimate of drug-likeness (QED) is 0.847. The Morgan fingerprint density at radius 2 is 1.91 bits per heavy atom.